The number of carboxylic acid groups (broad SMARTS) is 1. The number of amides is 1. The minimum absolute atomic E-state index is 0.117. The molecule has 120 valence electrons. The van der Waals surface area contributed by atoms with Crippen molar-refractivity contribution in [3.63, 3.8) is 0 Å². The highest BCUT2D eigenvalue weighted by molar-refractivity contribution is 7.92. The number of nitrogens with one attached hydrogen (secondary N) is 2. The first kappa shape index (κ1) is 16.4. The maximum Gasteiger partial charge on any atom is 0.358 e. The number of carbonyl (C=O) groups is 2. The van der Waals surface area contributed by atoms with Gasteiger partial charge in [-0.25, -0.2) is 23.2 Å². The van der Waals surface area contributed by atoms with Crippen molar-refractivity contribution in [3.8, 4) is 0 Å². The minimum Gasteiger partial charge on any atom is -0.476 e. The van der Waals surface area contributed by atoms with Gasteiger partial charge in [-0.3, -0.25) is 9.52 Å². The van der Waals surface area contributed by atoms with Gasteiger partial charge >= 0.3 is 5.97 Å². The molecule has 0 saturated carbocycles. The second kappa shape index (κ2) is 6.40. The maximum absolute atomic E-state index is 12.3. The third-order valence-electron chi connectivity index (χ3n) is 2.62. The molecule has 1 aromatic carbocycles. The summed E-state index contributed by atoms with van der Waals surface area (Å²) in [5.74, 6) is -2.08. The molecule has 3 N–H and O–H groups in total. The highest BCUT2D eigenvalue weighted by Gasteiger charge is 2.20. The molecule has 0 radical (unpaired) electrons. The zero-order chi connectivity index (χ0) is 17.0. The first-order valence-electron chi connectivity index (χ1n) is 6.24. The standard InChI is InChI=1S/C13H12N4O5S/c1-8(18)16-9-2-4-10(5-3-9)23(21,22)17-12-11(13(19)20)14-6-7-15-12/h2-7H,1H3,(H,15,17)(H,16,18)(H,19,20). The van der Waals surface area contributed by atoms with Gasteiger partial charge in [0.25, 0.3) is 10.0 Å². The van der Waals surface area contributed by atoms with Gasteiger partial charge in [0, 0.05) is 25.0 Å². The normalized spacial score (nSPS) is 10.8. The van der Waals surface area contributed by atoms with E-state index in [1.54, 1.807) is 0 Å². The summed E-state index contributed by atoms with van der Waals surface area (Å²) in [5.41, 5.74) is -0.0758. The summed E-state index contributed by atoms with van der Waals surface area (Å²) in [5, 5.41) is 11.5. The molecule has 0 aliphatic rings. The fourth-order valence-corrected chi connectivity index (χ4v) is 2.69. The van der Waals surface area contributed by atoms with Gasteiger partial charge in [-0.05, 0) is 24.3 Å². The van der Waals surface area contributed by atoms with Crippen LogP contribution < -0.4 is 10.0 Å². The number of nitrogens with zero attached hydrogens (tertiary/aromatic N) is 2. The van der Waals surface area contributed by atoms with Crippen molar-refractivity contribution in [2.75, 3.05) is 10.0 Å². The molecule has 9 nitrogen and oxygen atoms in total. The molecule has 0 bridgehead atoms. The molecule has 0 aliphatic heterocycles. The third-order valence-corrected chi connectivity index (χ3v) is 3.97. The summed E-state index contributed by atoms with van der Waals surface area (Å²) in [6.07, 6.45) is 2.31. The zero-order valence-electron chi connectivity index (χ0n) is 11.8. The highest BCUT2D eigenvalue weighted by atomic mass is 32.2. The summed E-state index contributed by atoms with van der Waals surface area (Å²) < 4.78 is 26.6. The smallest absolute Gasteiger partial charge is 0.358 e. The summed E-state index contributed by atoms with van der Waals surface area (Å²) in [6.45, 7) is 1.33. The Bertz CT molecular complexity index is 849. The van der Waals surface area contributed by atoms with Crippen LogP contribution in [0.5, 0.6) is 0 Å². The van der Waals surface area contributed by atoms with E-state index in [4.69, 9.17) is 5.11 Å². The van der Waals surface area contributed by atoms with E-state index in [0.29, 0.717) is 5.69 Å². The Balaban J connectivity index is 2.29. The molecule has 10 heteroatoms. The second-order valence-electron chi connectivity index (χ2n) is 4.37. The molecule has 0 fully saturated rings. The predicted molar refractivity (Wildman–Crippen MR) is 80.5 cm³/mol. The first-order chi connectivity index (χ1) is 10.8. The summed E-state index contributed by atoms with van der Waals surface area (Å²) in [6, 6.07) is 5.35. The second-order valence-corrected chi connectivity index (χ2v) is 6.05. The van der Waals surface area contributed by atoms with Gasteiger partial charge in [0.1, 0.15) is 0 Å². The van der Waals surface area contributed by atoms with Crippen LogP contribution in [0, 0.1) is 0 Å². The van der Waals surface area contributed by atoms with Gasteiger partial charge in [0.05, 0.1) is 4.90 Å². The number of aromatic carboxylic acids is 1. The van der Waals surface area contributed by atoms with Crippen molar-refractivity contribution >= 4 is 33.4 Å². The monoisotopic (exact) mass is 336 g/mol. The minimum atomic E-state index is -4.04. The van der Waals surface area contributed by atoms with Crippen LogP contribution in [-0.2, 0) is 14.8 Å². The lowest BCUT2D eigenvalue weighted by atomic mass is 10.3. The van der Waals surface area contributed by atoms with Crippen molar-refractivity contribution in [1.29, 1.82) is 0 Å². The molecule has 1 heterocycles. The number of rotatable bonds is 5. The summed E-state index contributed by atoms with van der Waals surface area (Å²) in [4.78, 5) is 29.1. The molecule has 0 unspecified atom stereocenters. The molecule has 0 saturated heterocycles. The van der Waals surface area contributed by atoms with Crippen molar-refractivity contribution in [2.45, 2.75) is 11.8 Å². The Hall–Kier alpha value is -3.01. The Kier molecular flexibility index (Phi) is 4.55. The van der Waals surface area contributed by atoms with Crippen LogP contribution in [0.2, 0.25) is 0 Å². The van der Waals surface area contributed by atoms with E-state index < -0.39 is 21.7 Å². The van der Waals surface area contributed by atoms with Crippen LogP contribution in [-0.4, -0.2) is 35.4 Å². The lowest BCUT2D eigenvalue weighted by Gasteiger charge is -2.09. The Labute approximate surface area is 131 Å². The molecule has 2 rings (SSSR count). The van der Waals surface area contributed by atoms with Gasteiger partial charge in [-0.15, -0.1) is 0 Å². The van der Waals surface area contributed by atoms with Crippen molar-refractivity contribution in [3.05, 3.63) is 42.4 Å². The van der Waals surface area contributed by atoms with Crippen molar-refractivity contribution < 1.29 is 23.1 Å². The average Bonchev–Trinajstić information content (AvgIpc) is 2.47. The van der Waals surface area contributed by atoms with Gasteiger partial charge < -0.3 is 10.4 Å². The van der Waals surface area contributed by atoms with E-state index in [-0.39, 0.29) is 16.6 Å². The number of carboxylic acids is 1. The average molecular weight is 336 g/mol. The van der Waals surface area contributed by atoms with Gasteiger partial charge in [-0.2, -0.15) is 0 Å². The van der Waals surface area contributed by atoms with E-state index in [1.165, 1.54) is 37.4 Å². The molecular formula is C13H12N4O5S. The highest BCUT2D eigenvalue weighted by Crippen LogP contribution is 2.18. The van der Waals surface area contributed by atoms with E-state index >= 15 is 0 Å². The molecule has 0 spiro atoms. The topological polar surface area (TPSA) is 138 Å². The fourth-order valence-electron chi connectivity index (χ4n) is 1.68. The third kappa shape index (κ3) is 4.01. The van der Waals surface area contributed by atoms with E-state index in [1.807, 2.05) is 0 Å². The molecule has 1 amide bonds. The molecule has 1 aromatic heterocycles. The van der Waals surface area contributed by atoms with Crippen LogP contribution in [0.1, 0.15) is 17.4 Å². The molecule has 0 aliphatic carbocycles. The number of benzene rings is 1. The molecule has 0 atom stereocenters. The molecule has 2 aromatic rings. The van der Waals surface area contributed by atoms with E-state index in [2.05, 4.69) is 20.0 Å². The quantitative estimate of drug-likeness (QED) is 0.738. The Morgan fingerprint density at radius 3 is 2.26 bits per heavy atom. The molecular weight excluding hydrogens is 324 g/mol. The van der Waals surface area contributed by atoms with E-state index in [0.717, 1.165) is 6.20 Å². The Morgan fingerprint density at radius 2 is 1.70 bits per heavy atom. The SMILES string of the molecule is CC(=O)Nc1ccc(S(=O)(=O)Nc2nccnc2C(=O)O)cc1. The largest absolute Gasteiger partial charge is 0.476 e. The number of hydrogen-bond acceptors (Lipinski definition) is 6. The lowest BCUT2D eigenvalue weighted by Crippen LogP contribution is -2.17. The number of aromatic nitrogens is 2. The van der Waals surface area contributed by atoms with Crippen LogP contribution in [0.25, 0.3) is 0 Å². The van der Waals surface area contributed by atoms with Crippen molar-refractivity contribution in [2.24, 2.45) is 0 Å². The summed E-state index contributed by atoms with van der Waals surface area (Å²) in [7, 11) is -4.04. The van der Waals surface area contributed by atoms with Crippen LogP contribution in [0.4, 0.5) is 11.5 Å². The number of hydrogen-bond donors (Lipinski definition) is 3. The number of carbonyl (C=O) groups excluding carboxylic acids is 1. The van der Waals surface area contributed by atoms with Gasteiger partial charge in [-0.1, -0.05) is 0 Å². The van der Waals surface area contributed by atoms with Crippen LogP contribution in [0.3, 0.4) is 0 Å². The zero-order valence-corrected chi connectivity index (χ0v) is 12.7. The van der Waals surface area contributed by atoms with Crippen LogP contribution in [0.15, 0.2) is 41.6 Å². The Morgan fingerprint density at radius 1 is 1.09 bits per heavy atom. The lowest BCUT2D eigenvalue weighted by molar-refractivity contribution is -0.114. The van der Waals surface area contributed by atoms with Crippen molar-refractivity contribution in [1.82, 2.24) is 9.97 Å². The predicted octanol–water partition coefficient (Wildman–Crippen LogP) is 0.934. The van der Waals surface area contributed by atoms with Crippen LogP contribution >= 0.6 is 0 Å². The number of anilines is 2. The molecule has 23 heavy (non-hydrogen) atoms. The summed E-state index contributed by atoms with van der Waals surface area (Å²) >= 11 is 0. The number of sulfonamides is 1. The van der Waals surface area contributed by atoms with Gasteiger partial charge in [0.15, 0.2) is 11.5 Å². The van der Waals surface area contributed by atoms with Gasteiger partial charge in [0.2, 0.25) is 5.91 Å². The fraction of sp³-hybridized carbons (Fsp3) is 0.0769. The maximum atomic E-state index is 12.3. The van der Waals surface area contributed by atoms with E-state index in [9.17, 15) is 18.0 Å². The first-order valence-corrected chi connectivity index (χ1v) is 7.72.